The van der Waals surface area contributed by atoms with Gasteiger partial charge in [0.05, 0.1) is 22.7 Å². The van der Waals surface area contributed by atoms with Gasteiger partial charge in [-0.3, -0.25) is 0 Å². The zero-order chi connectivity index (χ0) is 15.5. The van der Waals surface area contributed by atoms with Gasteiger partial charge in [0.15, 0.2) is 0 Å². The van der Waals surface area contributed by atoms with Crippen molar-refractivity contribution in [3.63, 3.8) is 0 Å². The molecule has 7 heteroatoms. The molecular formula is C15H18N4OS2. The number of aliphatic hydroxyl groups is 1. The minimum Gasteiger partial charge on any atom is -0.391 e. The van der Waals surface area contributed by atoms with E-state index in [2.05, 4.69) is 27.0 Å². The van der Waals surface area contributed by atoms with Gasteiger partial charge in [-0.15, -0.1) is 27.8 Å². The fraction of sp³-hybridized carbons (Fsp3) is 0.333. The highest BCUT2D eigenvalue weighted by atomic mass is 32.1. The van der Waals surface area contributed by atoms with Gasteiger partial charge in [-0.05, 0) is 23.9 Å². The molecule has 0 saturated heterocycles. The van der Waals surface area contributed by atoms with E-state index in [1.54, 1.807) is 28.9 Å². The first-order valence-electron chi connectivity index (χ1n) is 7.07. The average Bonchev–Trinajstić information content (AvgIpc) is 3.15. The number of nitrogens with zero attached hydrogens (tertiary/aromatic N) is 2. The normalized spacial score (nSPS) is 12.7. The van der Waals surface area contributed by atoms with Crippen molar-refractivity contribution in [1.82, 2.24) is 10.2 Å². The summed E-state index contributed by atoms with van der Waals surface area (Å²) >= 11 is 3.38. The van der Waals surface area contributed by atoms with Gasteiger partial charge in [-0.1, -0.05) is 6.07 Å². The maximum Gasteiger partial charge on any atom is 0.109 e. The Kier molecular flexibility index (Phi) is 4.68. The van der Waals surface area contributed by atoms with Gasteiger partial charge < -0.3 is 16.2 Å². The molecule has 1 unspecified atom stereocenters. The molecule has 0 aromatic carbocycles. The molecule has 0 amide bonds. The molecule has 0 aliphatic rings. The van der Waals surface area contributed by atoms with Crippen molar-refractivity contribution in [3.05, 3.63) is 39.0 Å². The first-order chi connectivity index (χ1) is 10.7. The van der Waals surface area contributed by atoms with Gasteiger partial charge >= 0.3 is 0 Å². The summed E-state index contributed by atoms with van der Waals surface area (Å²) in [6.07, 6.45) is 1.81. The molecule has 0 saturated carbocycles. The zero-order valence-electron chi connectivity index (χ0n) is 12.2. The van der Waals surface area contributed by atoms with Crippen LogP contribution in [0, 0.1) is 6.92 Å². The Balaban J connectivity index is 1.89. The summed E-state index contributed by atoms with van der Waals surface area (Å²) in [5.41, 5.74) is 8.48. The summed E-state index contributed by atoms with van der Waals surface area (Å²) < 4.78 is 1.09. The molecule has 3 rings (SSSR count). The number of thiophene rings is 2. The number of aromatic nitrogens is 2. The van der Waals surface area contributed by atoms with E-state index >= 15 is 0 Å². The van der Waals surface area contributed by atoms with Crippen LogP contribution in [0.25, 0.3) is 10.2 Å². The average molecular weight is 334 g/mol. The van der Waals surface area contributed by atoms with E-state index in [4.69, 9.17) is 5.73 Å². The molecule has 22 heavy (non-hydrogen) atoms. The largest absolute Gasteiger partial charge is 0.391 e. The van der Waals surface area contributed by atoms with Crippen molar-refractivity contribution in [3.8, 4) is 0 Å². The summed E-state index contributed by atoms with van der Waals surface area (Å²) in [7, 11) is 0. The third-order valence-corrected chi connectivity index (χ3v) is 5.74. The lowest BCUT2D eigenvalue weighted by atomic mass is 10.1. The van der Waals surface area contributed by atoms with Crippen LogP contribution in [0.2, 0.25) is 0 Å². The Morgan fingerprint density at radius 2 is 2.32 bits per heavy atom. The summed E-state index contributed by atoms with van der Waals surface area (Å²) in [4.78, 5) is 2.39. The van der Waals surface area contributed by atoms with E-state index in [9.17, 15) is 5.11 Å². The lowest BCUT2D eigenvalue weighted by Crippen LogP contribution is -2.21. The number of hydrogen-bond donors (Lipinski definition) is 3. The molecule has 3 heterocycles. The highest BCUT2D eigenvalue weighted by Crippen LogP contribution is 2.34. The maximum atomic E-state index is 9.79. The number of anilines is 1. The van der Waals surface area contributed by atoms with E-state index in [1.165, 1.54) is 4.88 Å². The van der Waals surface area contributed by atoms with Gasteiger partial charge in [0.2, 0.25) is 0 Å². The second-order valence-corrected chi connectivity index (χ2v) is 7.25. The van der Waals surface area contributed by atoms with Crippen LogP contribution in [-0.4, -0.2) is 28.0 Å². The zero-order valence-corrected chi connectivity index (χ0v) is 13.9. The molecule has 0 spiro atoms. The molecule has 3 aromatic rings. The number of fused-ring (bicyclic) bond motifs is 1. The van der Waals surface area contributed by atoms with Gasteiger partial charge in [-0.25, -0.2) is 0 Å². The van der Waals surface area contributed by atoms with Crippen LogP contribution in [0.15, 0.2) is 23.7 Å². The van der Waals surface area contributed by atoms with Gasteiger partial charge in [-0.2, -0.15) is 5.10 Å². The smallest absolute Gasteiger partial charge is 0.109 e. The molecule has 0 aliphatic carbocycles. The predicted octanol–water partition coefficient (Wildman–Crippen LogP) is 2.54. The summed E-state index contributed by atoms with van der Waals surface area (Å²) in [5, 5.41) is 23.6. The second kappa shape index (κ2) is 6.70. The fourth-order valence-electron chi connectivity index (χ4n) is 2.27. The molecule has 0 bridgehead atoms. The predicted molar refractivity (Wildman–Crippen MR) is 92.6 cm³/mol. The molecule has 5 nitrogen and oxygen atoms in total. The SMILES string of the molecule is Cc1c(CC(O)CN)sc2c(NCc3cccs3)cnnc12. The highest BCUT2D eigenvalue weighted by Gasteiger charge is 2.15. The Morgan fingerprint density at radius 1 is 1.45 bits per heavy atom. The van der Waals surface area contributed by atoms with Crippen LogP contribution in [0.5, 0.6) is 0 Å². The van der Waals surface area contributed by atoms with Gasteiger partial charge in [0.1, 0.15) is 5.52 Å². The van der Waals surface area contributed by atoms with E-state index < -0.39 is 6.10 Å². The molecule has 3 aromatic heterocycles. The van der Waals surface area contributed by atoms with Crippen molar-refractivity contribution >= 4 is 38.6 Å². The van der Waals surface area contributed by atoms with Crippen molar-refractivity contribution in [2.45, 2.75) is 26.0 Å². The summed E-state index contributed by atoms with van der Waals surface area (Å²) in [6.45, 7) is 3.06. The van der Waals surface area contributed by atoms with Gasteiger partial charge in [0, 0.05) is 29.3 Å². The second-order valence-electron chi connectivity index (χ2n) is 5.11. The molecule has 0 aliphatic heterocycles. The first kappa shape index (κ1) is 15.4. The third-order valence-electron chi connectivity index (χ3n) is 3.53. The highest BCUT2D eigenvalue weighted by molar-refractivity contribution is 7.19. The third kappa shape index (κ3) is 3.12. The number of aryl methyl sites for hydroxylation is 1. The van der Waals surface area contributed by atoms with Crippen LogP contribution >= 0.6 is 22.7 Å². The lowest BCUT2D eigenvalue weighted by molar-refractivity contribution is 0.184. The number of nitrogens with two attached hydrogens (primary N) is 1. The van der Waals surface area contributed by atoms with Crippen molar-refractivity contribution in [2.24, 2.45) is 5.73 Å². The molecule has 0 radical (unpaired) electrons. The summed E-state index contributed by atoms with van der Waals surface area (Å²) in [5.74, 6) is 0. The number of aliphatic hydroxyl groups excluding tert-OH is 1. The topological polar surface area (TPSA) is 84.1 Å². The minimum absolute atomic E-state index is 0.267. The molecule has 0 fully saturated rings. The number of hydrogen-bond acceptors (Lipinski definition) is 7. The molecular weight excluding hydrogens is 316 g/mol. The van der Waals surface area contributed by atoms with E-state index in [1.807, 2.05) is 13.0 Å². The van der Waals surface area contributed by atoms with Crippen LogP contribution in [-0.2, 0) is 13.0 Å². The first-order valence-corrected chi connectivity index (χ1v) is 8.76. The fourth-order valence-corrected chi connectivity index (χ4v) is 4.21. The number of nitrogens with one attached hydrogen (secondary N) is 1. The van der Waals surface area contributed by atoms with Gasteiger partial charge in [0.25, 0.3) is 0 Å². The van der Waals surface area contributed by atoms with Crippen molar-refractivity contribution in [2.75, 3.05) is 11.9 Å². The lowest BCUT2D eigenvalue weighted by Gasteiger charge is -2.05. The van der Waals surface area contributed by atoms with Crippen molar-refractivity contribution < 1.29 is 5.11 Å². The Bertz CT molecular complexity index is 754. The standard InChI is InChI=1S/C15H18N4OS2/c1-9-13(5-10(20)6-16)22-15-12(8-18-19-14(9)15)17-7-11-3-2-4-21-11/h2-4,8,10,20H,5-7,16H2,1H3,(H,17,19). The van der Waals surface area contributed by atoms with E-state index in [0.717, 1.165) is 32.9 Å². The summed E-state index contributed by atoms with van der Waals surface area (Å²) in [6, 6.07) is 4.15. The maximum absolute atomic E-state index is 9.79. The van der Waals surface area contributed by atoms with Crippen LogP contribution < -0.4 is 11.1 Å². The van der Waals surface area contributed by atoms with Crippen LogP contribution in [0.3, 0.4) is 0 Å². The Labute approximate surface area is 136 Å². The monoisotopic (exact) mass is 334 g/mol. The minimum atomic E-state index is -0.512. The van der Waals surface area contributed by atoms with E-state index in [0.29, 0.717) is 6.42 Å². The molecule has 1 atom stereocenters. The Hall–Kier alpha value is -1.54. The Morgan fingerprint density at radius 3 is 3.05 bits per heavy atom. The van der Waals surface area contributed by atoms with Crippen LogP contribution in [0.1, 0.15) is 15.3 Å². The molecule has 116 valence electrons. The van der Waals surface area contributed by atoms with Crippen LogP contribution in [0.4, 0.5) is 5.69 Å². The quantitative estimate of drug-likeness (QED) is 0.645. The van der Waals surface area contributed by atoms with Crippen molar-refractivity contribution in [1.29, 1.82) is 0 Å². The molecule has 4 N–H and O–H groups in total. The number of rotatable bonds is 6. The van der Waals surface area contributed by atoms with E-state index in [-0.39, 0.29) is 6.54 Å².